The zero-order valence-corrected chi connectivity index (χ0v) is 16.1. The van der Waals surface area contributed by atoms with Crippen LogP contribution in [0.2, 0.25) is 0 Å². The van der Waals surface area contributed by atoms with Gasteiger partial charge in [-0.1, -0.05) is 12.1 Å². The molecule has 0 heterocycles. The minimum Gasteiger partial charge on any atom is -0.462 e. The Bertz CT molecular complexity index is 723. The quantitative estimate of drug-likeness (QED) is 0.743. The maximum atomic E-state index is 12.2. The second kappa shape index (κ2) is 8.44. The second-order valence-corrected chi connectivity index (χ2v) is 8.48. The molecule has 8 heteroatoms. The Morgan fingerprint density at radius 3 is 2.32 bits per heavy atom. The number of nitrogens with one attached hydrogen (secondary N) is 1. The van der Waals surface area contributed by atoms with Crippen molar-refractivity contribution in [3.8, 4) is 0 Å². The van der Waals surface area contributed by atoms with Gasteiger partial charge < -0.3 is 10.1 Å². The van der Waals surface area contributed by atoms with Crippen LogP contribution in [-0.4, -0.2) is 49.5 Å². The molecule has 0 radical (unpaired) electrons. The van der Waals surface area contributed by atoms with Crippen molar-refractivity contribution >= 4 is 27.6 Å². The maximum absolute atomic E-state index is 12.2. The van der Waals surface area contributed by atoms with E-state index in [1.54, 1.807) is 52.0 Å². The van der Waals surface area contributed by atoms with E-state index in [0.29, 0.717) is 5.69 Å². The maximum Gasteiger partial charge on any atom is 0.340 e. The Kier molecular flexibility index (Phi) is 7.13. The van der Waals surface area contributed by atoms with Crippen LogP contribution in [0.15, 0.2) is 24.3 Å². The third-order valence-corrected chi connectivity index (χ3v) is 4.92. The summed E-state index contributed by atoms with van der Waals surface area (Å²) in [6.07, 6.45) is 1.09. The Morgan fingerprint density at radius 2 is 1.80 bits per heavy atom. The summed E-state index contributed by atoms with van der Waals surface area (Å²) in [6, 6.07) is 6.52. The molecule has 0 spiro atoms. The van der Waals surface area contributed by atoms with Crippen molar-refractivity contribution in [2.24, 2.45) is 0 Å². The van der Waals surface area contributed by atoms with Gasteiger partial charge in [-0.25, -0.2) is 13.2 Å². The molecule has 0 bridgehead atoms. The normalized spacial score (nSPS) is 12.1. The molecular weight excluding hydrogens is 344 g/mol. The molecule has 1 amide bonds. The number of amides is 1. The molecule has 0 aliphatic heterocycles. The standard InChI is InChI=1S/C17H26N2O5S/c1-6-24-16(21)13-9-7-8-10-14(13)18-15(20)11-12-19(17(2,3)4)25(5,22)23/h7-10H,6,11-12H2,1-5H3,(H,18,20). The van der Waals surface area contributed by atoms with Gasteiger partial charge in [0.1, 0.15) is 0 Å². The molecule has 1 aromatic rings. The number of para-hydroxylation sites is 1. The number of esters is 1. The number of carbonyl (C=O) groups excluding carboxylic acids is 2. The zero-order valence-electron chi connectivity index (χ0n) is 15.3. The van der Waals surface area contributed by atoms with E-state index in [1.807, 2.05) is 0 Å². The van der Waals surface area contributed by atoms with Crippen LogP contribution < -0.4 is 5.32 Å². The third-order valence-electron chi connectivity index (χ3n) is 3.39. The van der Waals surface area contributed by atoms with Crippen molar-refractivity contribution in [1.29, 1.82) is 0 Å². The molecule has 0 unspecified atom stereocenters. The third kappa shape index (κ3) is 6.47. The monoisotopic (exact) mass is 370 g/mol. The van der Waals surface area contributed by atoms with E-state index in [0.717, 1.165) is 6.26 Å². The predicted octanol–water partition coefficient (Wildman–Crippen LogP) is 2.25. The van der Waals surface area contributed by atoms with Gasteiger partial charge in [-0.05, 0) is 39.8 Å². The second-order valence-electron chi connectivity index (χ2n) is 6.57. The molecular formula is C17H26N2O5S. The lowest BCUT2D eigenvalue weighted by atomic mass is 10.1. The molecule has 1 aromatic carbocycles. The van der Waals surface area contributed by atoms with Crippen molar-refractivity contribution in [3.63, 3.8) is 0 Å². The van der Waals surface area contributed by atoms with Crippen molar-refractivity contribution in [2.45, 2.75) is 39.7 Å². The van der Waals surface area contributed by atoms with Crippen molar-refractivity contribution in [1.82, 2.24) is 4.31 Å². The molecule has 25 heavy (non-hydrogen) atoms. The Morgan fingerprint density at radius 1 is 1.20 bits per heavy atom. The lowest BCUT2D eigenvalue weighted by Gasteiger charge is -2.33. The first kappa shape index (κ1) is 21.1. The topological polar surface area (TPSA) is 92.8 Å². The summed E-state index contributed by atoms with van der Waals surface area (Å²) in [6.45, 7) is 7.28. The van der Waals surface area contributed by atoms with Crippen LogP contribution in [0.5, 0.6) is 0 Å². The molecule has 0 aromatic heterocycles. The van der Waals surface area contributed by atoms with Crippen molar-refractivity contribution < 1.29 is 22.7 Å². The van der Waals surface area contributed by atoms with E-state index in [4.69, 9.17) is 4.74 Å². The molecule has 1 N–H and O–H groups in total. The number of benzene rings is 1. The first-order valence-corrected chi connectivity index (χ1v) is 9.85. The predicted molar refractivity (Wildman–Crippen MR) is 96.9 cm³/mol. The molecule has 1 rings (SSSR count). The highest BCUT2D eigenvalue weighted by Crippen LogP contribution is 2.19. The van der Waals surface area contributed by atoms with Gasteiger partial charge in [0.25, 0.3) is 0 Å². The molecule has 0 aliphatic carbocycles. The molecule has 0 saturated heterocycles. The highest BCUT2D eigenvalue weighted by atomic mass is 32.2. The SMILES string of the molecule is CCOC(=O)c1ccccc1NC(=O)CCN(C(C)(C)C)S(C)(=O)=O. The lowest BCUT2D eigenvalue weighted by molar-refractivity contribution is -0.116. The van der Waals surface area contributed by atoms with Crippen LogP contribution in [0, 0.1) is 0 Å². The van der Waals surface area contributed by atoms with Gasteiger partial charge in [0, 0.05) is 18.5 Å². The minimum absolute atomic E-state index is 0.0263. The van der Waals surface area contributed by atoms with Crippen LogP contribution in [-0.2, 0) is 19.6 Å². The van der Waals surface area contributed by atoms with Gasteiger partial charge >= 0.3 is 5.97 Å². The summed E-state index contributed by atoms with van der Waals surface area (Å²) in [5.41, 5.74) is -0.0300. The summed E-state index contributed by atoms with van der Waals surface area (Å²) >= 11 is 0. The summed E-state index contributed by atoms with van der Waals surface area (Å²) in [4.78, 5) is 24.1. The number of ether oxygens (including phenoxy) is 1. The van der Waals surface area contributed by atoms with Gasteiger partial charge in [0.15, 0.2) is 0 Å². The summed E-state index contributed by atoms with van der Waals surface area (Å²) in [5, 5.41) is 2.65. The minimum atomic E-state index is -3.44. The lowest BCUT2D eigenvalue weighted by Crippen LogP contribution is -2.46. The zero-order chi connectivity index (χ0) is 19.3. The number of hydrogen-bond donors (Lipinski definition) is 1. The fourth-order valence-corrected chi connectivity index (χ4v) is 3.81. The molecule has 0 fully saturated rings. The average molecular weight is 370 g/mol. The fourth-order valence-electron chi connectivity index (χ4n) is 2.39. The highest BCUT2D eigenvalue weighted by molar-refractivity contribution is 7.88. The number of sulfonamides is 1. The number of anilines is 1. The van der Waals surface area contributed by atoms with Gasteiger partial charge in [-0.2, -0.15) is 4.31 Å². The first-order valence-electron chi connectivity index (χ1n) is 8.00. The molecule has 7 nitrogen and oxygen atoms in total. The van der Waals surface area contributed by atoms with Crippen LogP contribution >= 0.6 is 0 Å². The Balaban J connectivity index is 2.83. The molecule has 0 saturated carbocycles. The van der Waals surface area contributed by atoms with Crippen LogP contribution in [0.3, 0.4) is 0 Å². The van der Waals surface area contributed by atoms with Crippen LogP contribution in [0.25, 0.3) is 0 Å². The average Bonchev–Trinajstić information content (AvgIpc) is 2.45. The largest absolute Gasteiger partial charge is 0.462 e. The molecule has 140 valence electrons. The van der Waals surface area contributed by atoms with Crippen LogP contribution in [0.4, 0.5) is 5.69 Å². The van der Waals surface area contributed by atoms with Gasteiger partial charge in [0.05, 0.1) is 24.1 Å². The Hall–Kier alpha value is -1.93. The van der Waals surface area contributed by atoms with E-state index >= 15 is 0 Å². The van der Waals surface area contributed by atoms with Gasteiger partial charge in [0.2, 0.25) is 15.9 Å². The van der Waals surface area contributed by atoms with Crippen molar-refractivity contribution in [3.05, 3.63) is 29.8 Å². The van der Waals surface area contributed by atoms with E-state index in [9.17, 15) is 18.0 Å². The smallest absolute Gasteiger partial charge is 0.340 e. The van der Waals surface area contributed by atoms with E-state index < -0.39 is 21.5 Å². The number of hydrogen-bond acceptors (Lipinski definition) is 5. The number of rotatable bonds is 7. The highest BCUT2D eigenvalue weighted by Gasteiger charge is 2.29. The fraction of sp³-hybridized carbons (Fsp3) is 0.529. The molecule has 0 aliphatic rings. The Labute approximate surface area is 149 Å². The van der Waals surface area contributed by atoms with Crippen molar-refractivity contribution in [2.75, 3.05) is 24.7 Å². The summed E-state index contributed by atoms with van der Waals surface area (Å²) in [5.74, 6) is -0.902. The first-order chi connectivity index (χ1) is 11.5. The van der Waals surface area contributed by atoms with E-state index in [2.05, 4.69) is 5.32 Å². The van der Waals surface area contributed by atoms with Gasteiger partial charge in [-0.3, -0.25) is 4.79 Å². The summed E-state index contributed by atoms with van der Waals surface area (Å²) in [7, 11) is -3.44. The number of nitrogens with zero attached hydrogens (tertiary/aromatic N) is 1. The van der Waals surface area contributed by atoms with E-state index in [1.165, 1.54) is 4.31 Å². The molecule has 0 atom stereocenters. The van der Waals surface area contributed by atoms with Crippen LogP contribution in [0.1, 0.15) is 44.5 Å². The van der Waals surface area contributed by atoms with Gasteiger partial charge in [-0.15, -0.1) is 0 Å². The summed E-state index contributed by atoms with van der Waals surface area (Å²) < 4.78 is 30.0. The number of carbonyl (C=O) groups is 2. The van der Waals surface area contributed by atoms with E-state index in [-0.39, 0.29) is 31.0 Å².